The zero-order valence-corrected chi connectivity index (χ0v) is 11.3. The summed E-state index contributed by atoms with van der Waals surface area (Å²) < 4.78 is 1.95. The Morgan fingerprint density at radius 1 is 1.38 bits per heavy atom. The van der Waals surface area contributed by atoms with Crippen molar-refractivity contribution in [3.63, 3.8) is 0 Å². The molecule has 0 unspecified atom stereocenters. The van der Waals surface area contributed by atoms with Crippen LogP contribution in [0.3, 0.4) is 0 Å². The molecule has 0 aliphatic heterocycles. The van der Waals surface area contributed by atoms with Gasteiger partial charge < -0.3 is 14.8 Å². The Hall–Kier alpha value is -2.96. The third kappa shape index (κ3) is 2.81. The van der Waals surface area contributed by atoms with Crippen LogP contribution in [-0.2, 0) is 6.54 Å². The summed E-state index contributed by atoms with van der Waals surface area (Å²) in [5.41, 5.74) is 2.83. The largest absolute Gasteiger partial charge is 0.476 e. The monoisotopic (exact) mass is 283 g/mol. The molecule has 0 amide bonds. The predicted octanol–water partition coefficient (Wildman–Crippen LogP) is 1.74. The molecule has 21 heavy (non-hydrogen) atoms. The van der Waals surface area contributed by atoms with Gasteiger partial charge in [-0.15, -0.1) is 0 Å². The van der Waals surface area contributed by atoms with Gasteiger partial charge in [-0.3, -0.25) is 0 Å². The fraction of sp³-hybridized carbons (Fsp3) is 0.143. The van der Waals surface area contributed by atoms with Crippen molar-refractivity contribution in [1.29, 1.82) is 0 Å². The van der Waals surface area contributed by atoms with Crippen LogP contribution >= 0.6 is 0 Å². The third-order valence-corrected chi connectivity index (χ3v) is 2.99. The first kappa shape index (κ1) is 13.0. The number of hydrogen-bond acceptors (Lipinski definition) is 5. The average Bonchev–Trinajstić information content (AvgIpc) is 2.87. The lowest BCUT2D eigenvalue weighted by atomic mass is 10.3. The van der Waals surface area contributed by atoms with Gasteiger partial charge in [0.1, 0.15) is 11.5 Å². The number of rotatable bonds is 4. The number of carboxylic acid groups (broad SMARTS) is 1. The molecule has 0 spiro atoms. The van der Waals surface area contributed by atoms with Gasteiger partial charge in [-0.25, -0.2) is 19.7 Å². The Kier molecular flexibility index (Phi) is 3.23. The second-order valence-corrected chi connectivity index (χ2v) is 4.65. The molecule has 0 fully saturated rings. The van der Waals surface area contributed by atoms with Crippen molar-refractivity contribution in [3.8, 4) is 0 Å². The highest BCUT2D eigenvalue weighted by molar-refractivity contribution is 5.84. The third-order valence-electron chi connectivity index (χ3n) is 2.99. The Morgan fingerprint density at radius 3 is 2.95 bits per heavy atom. The maximum Gasteiger partial charge on any atom is 0.356 e. The maximum absolute atomic E-state index is 10.7. The Morgan fingerprint density at radius 2 is 2.24 bits per heavy atom. The first-order valence-electron chi connectivity index (χ1n) is 6.35. The molecule has 0 aromatic carbocycles. The van der Waals surface area contributed by atoms with Gasteiger partial charge in [0.25, 0.3) is 0 Å². The number of fused-ring (bicyclic) bond motifs is 1. The highest BCUT2D eigenvalue weighted by Gasteiger charge is 2.06. The first-order valence-corrected chi connectivity index (χ1v) is 6.35. The molecule has 3 aromatic rings. The van der Waals surface area contributed by atoms with Crippen LogP contribution in [-0.4, -0.2) is 30.4 Å². The number of nitrogens with zero attached hydrogens (tertiary/aromatic N) is 4. The standard InChI is InChI=1S/C14H13N5O2/c1-9-2-3-19-8-10(18-13(19)4-9)5-16-12-7-15-11(6-17-12)14(20)21/h2-4,6-8H,5H2,1H3,(H,16,17)(H,20,21). The summed E-state index contributed by atoms with van der Waals surface area (Å²) in [5, 5.41) is 11.8. The van der Waals surface area contributed by atoms with Gasteiger partial charge in [-0.2, -0.15) is 0 Å². The number of hydrogen-bond donors (Lipinski definition) is 2. The van der Waals surface area contributed by atoms with Crippen molar-refractivity contribution >= 4 is 17.4 Å². The van der Waals surface area contributed by atoms with Gasteiger partial charge in [-0.05, 0) is 24.6 Å². The van der Waals surface area contributed by atoms with E-state index >= 15 is 0 Å². The molecule has 0 saturated carbocycles. The fourth-order valence-electron chi connectivity index (χ4n) is 1.93. The molecule has 7 heteroatoms. The van der Waals surface area contributed by atoms with Crippen molar-refractivity contribution in [2.75, 3.05) is 5.32 Å². The molecule has 0 radical (unpaired) electrons. The number of aromatic nitrogens is 4. The van der Waals surface area contributed by atoms with E-state index in [1.54, 1.807) is 0 Å². The molecule has 0 bridgehead atoms. The average molecular weight is 283 g/mol. The summed E-state index contributed by atoms with van der Waals surface area (Å²) >= 11 is 0. The minimum Gasteiger partial charge on any atom is -0.476 e. The normalized spacial score (nSPS) is 10.7. The summed E-state index contributed by atoms with van der Waals surface area (Å²) in [6.45, 7) is 2.51. The van der Waals surface area contributed by atoms with Crippen LogP contribution in [0.2, 0.25) is 0 Å². The molecule has 0 aliphatic rings. The molecular weight excluding hydrogens is 270 g/mol. The SMILES string of the molecule is Cc1ccn2cc(CNc3cnc(C(=O)O)cn3)nc2c1. The maximum atomic E-state index is 10.7. The number of carboxylic acids is 1. The van der Waals surface area contributed by atoms with Crippen molar-refractivity contribution in [2.24, 2.45) is 0 Å². The molecule has 0 aliphatic carbocycles. The van der Waals surface area contributed by atoms with E-state index in [1.165, 1.54) is 12.4 Å². The van der Waals surface area contributed by atoms with E-state index < -0.39 is 5.97 Å². The second kappa shape index (κ2) is 5.20. The molecule has 3 heterocycles. The van der Waals surface area contributed by atoms with E-state index in [9.17, 15) is 4.79 Å². The number of anilines is 1. The summed E-state index contributed by atoms with van der Waals surface area (Å²) in [6, 6.07) is 4.02. The lowest BCUT2D eigenvalue weighted by Crippen LogP contribution is -2.05. The Balaban J connectivity index is 1.72. The van der Waals surface area contributed by atoms with Crippen LogP contribution in [0, 0.1) is 6.92 Å². The number of aryl methyl sites for hydroxylation is 1. The minimum absolute atomic E-state index is 0.0799. The van der Waals surface area contributed by atoms with E-state index in [2.05, 4.69) is 20.3 Å². The molecule has 7 nitrogen and oxygen atoms in total. The topological polar surface area (TPSA) is 92.4 Å². The molecule has 2 N–H and O–H groups in total. The van der Waals surface area contributed by atoms with E-state index in [4.69, 9.17) is 5.11 Å². The molecular formula is C14H13N5O2. The minimum atomic E-state index is -1.09. The second-order valence-electron chi connectivity index (χ2n) is 4.65. The van der Waals surface area contributed by atoms with Gasteiger partial charge in [0.15, 0.2) is 5.69 Å². The molecule has 3 rings (SSSR count). The van der Waals surface area contributed by atoms with Gasteiger partial charge in [0, 0.05) is 12.4 Å². The number of imidazole rings is 1. The van der Waals surface area contributed by atoms with E-state index in [0.717, 1.165) is 16.9 Å². The quantitative estimate of drug-likeness (QED) is 0.757. The summed E-state index contributed by atoms with van der Waals surface area (Å²) in [6.07, 6.45) is 6.50. The van der Waals surface area contributed by atoms with Crippen LogP contribution in [0.25, 0.3) is 5.65 Å². The van der Waals surface area contributed by atoms with Gasteiger partial charge in [-0.1, -0.05) is 0 Å². The van der Waals surface area contributed by atoms with Crippen molar-refractivity contribution in [2.45, 2.75) is 13.5 Å². The Labute approximate surface area is 120 Å². The summed E-state index contributed by atoms with van der Waals surface area (Å²) in [4.78, 5) is 23.0. The number of carbonyl (C=O) groups is 1. The number of nitrogens with one attached hydrogen (secondary N) is 1. The van der Waals surface area contributed by atoms with Gasteiger partial charge in [0.05, 0.1) is 24.6 Å². The zero-order valence-electron chi connectivity index (χ0n) is 11.3. The number of aromatic carboxylic acids is 1. The van der Waals surface area contributed by atoms with Crippen molar-refractivity contribution < 1.29 is 9.90 Å². The van der Waals surface area contributed by atoms with Crippen LogP contribution in [0.5, 0.6) is 0 Å². The van der Waals surface area contributed by atoms with Gasteiger partial charge >= 0.3 is 5.97 Å². The summed E-state index contributed by atoms with van der Waals surface area (Å²) in [5.74, 6) is -0.585. The smallest absolute Gasteiger partial charge is 0.356 e. The van der Waals surface area contributed by atoms with E-state index in [1.807, 2.05) is 35.9 Å². The van der Waals surface area contributed by atoms with Crippen molar-refractivity contribution in [1.82, 2.24) is 19.4 Å². The van der Waals surface area contributed by atoms with E-state index in [-0.39, 0.29) is 5.69 Å². The van der Waals surface area contributed by atoms with Crippen LogP contribution in [0.15, 0.2) is 36.9 Å². The fourth-order valence-corrected chi connectivity index (χ4v) is 1.93. The van der Waals surface area contributed by atoms with Gasteiger partial charge in [0.2, 0.25) is 0 Å². The van der Waals surface area contributed by atoms with Crippen LogP contribution in [0.1, 0.15) is 21.7 Å². The Bertz CT molecular complexity index is 795. The van der Waals surface area contributed by atoms with Crippen molar-refractivity contribution in [3.05, 3.63) is 53.9 Å². The van der Waals surface area contributed by atoms with E-state index in [0.29, 0.717) is 12.4 Å². The lowest BCUT2D eigenvalue weighted by molar-refractivity contribution is 0.0690. The molecule has 3 aromatic heterocycles. The lowest BCUT2D eigenvalue weighted by Gasteiger charge is -2.02. The highest BCUT2D eigenvalue weighted by Crippen LogP contribution is 2.09. The highest BCUT2D eigenvalue weighted by atomic mass is 16.4. The number of pyridine rings is 1. The zero-order chi connectivity index (χ0) is 14.8. The van der Waals surface area contributed by atoms with Crippen LogP contribution < -0.4 is 5.32 Å². The molecule has 106 valence electrons. The first-order chi connectivity index (χ1) is 10.1. The predicted molar refractivity (Wildman–Crippen MR) is 76.2 cm³/mol. The van der Waals surface area contributed by atoms with Crippen LogP contribution in [0.4, 0.5) is 5.82 Å². The molecule has 0 atom stereocenters. The summed E-state index contributed by atoms with van der Waals surface area (Å²) in [7, 11) is 0. The molecule has 0 saturated heterocycles.